The minimum absolute atomic E-state index is 0.0582. The molecule has 0 bridgehead atoms. The third-order valence-corrected chi connectivity index (χ3v) is 3.53. The number of halogens is 1. The van der Waals surface area contributed by atoms with Crippen LogP contribution < -0.4 is 4.74 Å². The van der Waals surface area contributed by atoms with Gasteiger partial charge in [-0.1, -0.05) is 0 Å². The Labute approximate surface area is 114 Å². The predicted octanol–water partition coefficient (Wildman–Crippen LogP) is 2.30. The van der Waals surface area contributed by atoms with Gasteiger partial charge in [0.2, 0.25) is 0 Å². The van der Waals surface area contributed by atoms with Crippen LogP contribution in [0.1, 0.15) is 19.8 Å². The van der Waals surface area contributed by atoms with Gasteiger partial charge in [-0.15, -0.1) is 0 Å². The summed E-state index contributed by atoms with van der Waals surface area (Å²) in [6.45, 7) is 5.13. The molecule has 19 heavy (non-hydrogen) atoms. The number of aliphatic hydroxyl groups excluding tert-OH is 1. The van der Waals surface area contributed by atoms with Gasteiger partial charge in [-0.25, -0.2) is 4.39 Å². The number of likely N-dealkylation sites (tertiary alicyclic amines) is 1. The van der Waals surface area contributed by atoms with Gasteiger partial charge in [0.05, 0.1) is 0 Å². The minimum atomic E-state index is -0.248. The van der Waals surface area contributed by atoms with Crippen molar-refractivity contribution in [3.63, 3.8) is 0 Å². The summed E-state index contributed by atoms with van der Waals surface area (Å²) in [7, 11) is 0. The van der Waals surface area contributed by atoms with Crippen LogP contribution in [-0.2, 0) is 0 Å². The fraction of sp³-hybridized carbons (Fsp3) is 0.600. The maximum atomic E-state index is 12.8. The highest BCUT2D eigenvalue weighted by molar-refractivity contribution is 5.22. The summed E-state index contributed by atoms with van der Waals surface area (Å²) in [5.41, 5.74) is 0. The summed E-state index contributed by atoms with van der Waals surface area (Å²) in [5, 5.41) is 9.21. The van der Waals surface area contributed by atoms with Crippen LogP contribution in [0.4, 0.5) is 4.39 Å². The highest BCUT2D eigenvalue weighted by atomic mass is 19.1. The van der Waals surface area contributed by atoms with Crippen LogP contribution in [0.2, 0.25) is 0 Å². The van der Waals surface area contributed by atoms with E-state index in [1.807, 2.05) is 6.92 Å². The van der Waals surface area contributed by atoms with Gasteiger partial charge in [0, 0.05) is 19.7 Å². The number of rotatable bonds is 5. The van der Waals surface area contributed by atoms with Gasteiger partial charge in [0.1, 0.15) is 17.7 Å². The molecule has 1 heterocycles. The van der Waals surface area contributed by atoms with Crippen molar-refractivity contribution in [3.8, 4) is 5.75 Å². The van der Waals surface area contributed by atoms with Gasteiger partial charge in [-0.2, -0.15) is 0 Å². The molecule has 1 fully saturated rings. The first kappa shape index (κ1) is 14.3. The van der Waals surface area contributed by atoms with E-state index in [4.69, 9.17) is 4.74 Å². The molecule has 0 saturated carbocycles. The molecule has 106 valence electrons. The quantitative estimate of drug-likeness (QED) is 0.888. The third kappa shape index (κ3) is 4.48. The topological polar surface area (TPSA) is 32.7 Å². The van der Waals surface area contributed by atoms with Crippen molar-refractivity contribution in [2.75, 3.05) is 26.2 Å². The zero-order valence-electron chi connectivity index (χ0n) is 11.4. The molecule has 1 N–H and O–H groups in total. The normalized spacial score (nSPS) is 22.2. The molecule has 0 radical (unpaired) electrons. The molecule has 2 unspecified atom stereocenters. The van der Waals surface area contributed by atoms with Crippen LogP contribution in [0, 0.1) is 11.7 Å². The Kier molecular flexibility index (Phi) is 5.16. The number of piperidine rings is 1. The van der Waals surface area contributed by atoms with Crippen molar-refractivity contribution in [3.05, 3.63) is 30.1 Å². The van der Waals surface area contributed by atoms with E-state index in [0.29, 0.717) is 11.7 Å². The predicted molar refractivity (Wildman–Crippen MR) is 72.7 cm³/mol. The molecule has 4 heteroatoms. The van der Waals surface area contributed by atoms with Gasteiger partial charge in [0.25, 0.3) is 0 Å². The van der Waals surface area contributed by atoms with Crippen LogP contribution in [0.25, 0.3) is 0 Å². The molecule has 2 atom stereocenters. The fourth-order valence-electron chi connectivity index (χ4n) is 2.61. The van der Waals surface area contributed by atoms with E-state index in [9.17, 15) is 9.50 Å². The number of hydrogen-bond donors (Lipinski definition) is 1. The molecule has 0 spiro atoms. The van der Waals surface area contributed by atoms with Crippen LogP contribution in [0.3, 0.4) is 0 Å². The average molecular weight is 267 g/mol. The second-order valence-corrected chi connectivity index (χ2v) is 5.33. The number of aliphatic hydroxyl groups is 1. The summed E-state index contributed by atoms with van der Waals surface area (Å²) in [6, 6.07) is 6.12. The lowest BCUT2D eigenvalue weighted by molar-refractivity contribution is 0.0843. The summed E-state index contributed by atoms with van der Waals surface area (Å²) < 4.78 is 18.6. The Hall–Kier alpha value is -1.13. The molecule has 1 aliphatic heterocycles. The van der Waals surface area contributed by atoms with Crippen LogP contribution >= 0.6 is 0 Å². The van der Waals surface area contributed by atoms with Crippen molar-refractivity contribution in [1.82, 2.24) is 4.90 Å². The molecule has 0 aliphatic carbocycles. The fourth-order valence-corrected chi connectivity index (χ4v) is 2.61. The highest BCUT2D eigenvalue weighted by Crippen LogP contribution is 2.18. The largest absolute Gasteiger partial charge is 0.489 e. The van der Waals surface area contributed by atoms with Crippen molar-refractivity contribution >= 4 is 0 Å². The summed E-state index contributed by atoms with van der Waals surface area (Å²) in [4.78, 5) is 2.33. The molecule has 1 saturated heterocycles. The van der Waals surface area contributed by atoms with Crippen molar-refractivity contribution in [1.29, 1.82) is 0 Å². The summed E-state index contributed by atoms with van der Waals surface area (Å²) in [5.74, 6) is 0.846. The standard InChI is InChI=1S/C15H22FNO2/c1-12(19-15-6-4-14(16)5-7-15)9-17-8-2-3-13(10-17)11-18/h4-7,12-13,18H,2-3,8-11H2,1H3. The second kappa shape index (κ2) is 6.87. The van der Waals surface area contributed by atoms with Gasteiger partial charge in [-0.3, -0.25) is 4.90 Å². The maximum Gasteiger partial charge on any atom is 0.123 e. The van der Waals surface area contributed by atoms with Crippen molar-refractivity contribution in [2.45, 2.75) is 25.9 Å². The van der Waals surface area contributed by atoms with Gasteiger partial charge < -0.3 is 9.84 Å². The zero-order valence-corrected chi connectivity index (χ0v) is 11.4. The second-order valence-electron chi connectivity index (χ2n) is 5.33. The maximum absolute atomic E-state index is 12.8. The first-order valence-electron chi connectivity index (χ1n) is 6.93. The van der Waals surface area contributed by atoms with E-state index in [1.54, 1.807) is 12.1 Å². The first-order chi connectivity index (χ1) is 9.17. The molecular formula is C15H22FNO2. The lowest BCUT2D eigenvalue weighted by Crippen LogP contribution is -2.41. The summed E-state index contributed by atoms with van der Waals surface area (Å²) >= 11 is 0. The molecule has 1 aromatic rings. The number of benzene rings is 1. The third-order valence-electron chi connectivity index (χ3n) is 3.53. The number of ether oxygens (including phenoxy) is 1. The van der Waals surface area contributed by atoms with Crippen molar-refractivity contribution < 1.29 is 14.2 Å². The molecule has 0 amide bonds. The van der Waals surface area contributed by atoms with Gasteiger partial charge in [0.15, 0.2) is 0 Å². The van der Waals surface area contributed by atoms with E-state index >= 15 is 0 Å². The molecule has 1 aromatic carbocycles. The molecule has 3 nitrogen and oxygen atoms in total. The average Bonchev–Trinajstić information content (AvgIpc) is 2.41. The zero-order chi connectivity index (χ0) is 13.7. The van der Waals surface area contributed by atoms with E-state index in [-0.39, 0.29) is 18.5 Å². The summed E-state index contributed by atoms with van der Waals surface area (Å²) in [6.07, 6.45) is 2.30. The van der Waals surface area contributed by atoms with E-state index in [0.717, 1.165) is 32.5 Å². The number of nitrogens with zero attached hydrogens (tertiary/aromatic N) is 1. The Morgan fingerprint density at radius 3 is 2.84 bits per heavy atom. The van der Waals surface area contributed by atoms with Crippen LogP contribution in [0.5, 0.6) is 5.75 Å². The Balaban J connectivity index is 1.80. The highest BCUT2D eigenvalue weighted by Gasteiger charge is 2.20. The Bertz CT molecular complexity index is 382. The van der Waals surface area contributed by atoms with Gasteiger partial charge >= 0.3 is 0 Å². The van der Waals surface area contributed by atoms with Crippen LogP contribution in [-0.4, -0.2) is 42.4 Å². The van der Waals surface area contributed by atoms with E-state index in [1.165, 1.54) is 12.1 Å². The SMILES string of the molecule is CC(CN1CCCC(CO)C1)Oc1ccc(F)cc1. The lowest BCUT2D eigenvalue weighted by atomic mass is 9.99. The minimum Gasteiger partial charge on any atom is -0.489 e. The molecule has 0 aromatic heterocycles. The first-order valence-corrected chi connectivity index (χ1v) is 6.93. The smallest absolute Gasteiger partial charge is 0.123 e. The van der Waals surface area contributed by atoms with Gasteiger partial charge in [-0.05, 0) is 56.5 Å². The Morgan fingerprint density at radius 1 is 1.42 bits per heavy atom. The lowest BCUT2D eigenvalue weighted by Gasteiger charge is -2.33. The van der Waals surface area contributed by atoms with E-state index in [2.05, 4.69) is 4.90 Å². The molecule has 2 rings (SSSR count). The van der Waals surface area contributed by atoms with E-state index < -0.39 is 0 Å². The molecule has 1 aliphatic rings. The monoisotopic (exact) mass is 267 g/mol. The van der Waals surface area contributed by atoms with Crippen LogP contribution in [0.15, 0.2) is 24.3 Å². The number of hydrogen-bond acceptors (Lipinski definition) is 3. The molecular weight excluding hydrogens is 245 g/mol. The Morgan fingerprint density at radius 2 is 2.16 bits per heavy atom. The van der Waals surface area contributed by atoms with Crippen molar-refractivity contribution in [2.24, 2.45) is 5.92 Å².